The number of unbranched alkanes of at least 4 members (excludes halogenated alkanes) is 13. The van der Waals surface area contributed by atoms with E-state index in [9.17, 15) is 63.3 Å². The number of Topliss-reactive ketones (excluding diaryl/α,β-unsaturated/α-hetero) is 2. The van der Waals surface area contributed by atoms with Gasteiger partial charge in [0.05, 0.1) is 84.6 Å². The monoisotopic (exact) mass is 1270 g/mol. The molecule has 11 N–H and O–H groups in total. The molecule has 2 rings (SSSR count). The van der Waals surface area contributed by atoms with Crippen LogP contribution in [0.2, 0.25) is 0 Å². The number of ketones is 2. The lowest BCUT2D eigenvalue weighted by Gasteiger charge is -2.21. The molecule has 0 unspecified atom stereocenters. The van der Waals surface area contributed by atoms with E-state index >= 15 is 0 Å². The van der Waals surface area contributed by atoms with Gasteiger partial charge in [-0.2, -0.15) is 0 Å². The zero-order valence-corrected chi connectivity index (χ0v) is 51.8. The molecule has 29 heteroatoms. The van der Waals surface area contributed by atoms with Gasteiger partial charge in [0.25, 0.3) is 0 Å². The fourth-order valence-electron chi connectivity index (χ4n) is 8.37. The van der Waals surface area contributed by atoms with Gasteiger partial charge in [-0.25, -0.2) is 4.79 Å². The molecule has 1 saturated heterocycles. The van der Waals surface area contributed by atoms with Gasteiger partial charge in [-0.15, -0.1) is 0 Å². The van der Waals surface area contributed by atoms with Crippen LogP contribution in [0.3, 0.4) is 0 Å². The number of phenolic OH excluding ortho intramolecular Hbond substituents is 1. The Hall–Kier alpha value is -5.50. The van der Waals surface area contributed by atoms with E-state index < -0.39 is 53.8 Å². The normalized spacial score (nSPS) is 15.0. The van der Waals surface area contributed by atoms with Gasteiger partial charge in [0, 0.05) is 50.4 Å². The molecule has 87 heavy (non-hydrogen) atoms. The molecule has 1 aromatic rings. The maximum atomic E-state index is 13.4. The number of hydrogen-bond donors (Lipinski definition) is 11. The summed E-state index contributed by atoms with van der Waals surface area (Å²) < 4.78 is 32.3. The summed E-state index contributed by atoms with van der Waals surface area (Å²) in [5.41, 5.74) is 0.666. The largest absolute Gasteiger partial charge is 0.508 e. The predicted molar refractivity (Wildman–Crippen MR) is 324 cm³/mol. The van der Waals surface area contributed by atoms with E-state index in [2.05, 4.69) is 37.2 Å². The van der Waals surface area contributed by atoms with Crippen LogP contribution in [-0.2, 0) is 82.8 Å². The van der Waals surface area contributed by atoms with Crippen molar-refractivity contribution in [2.45, 2.75) is 146 Å². The molecule has 5 amide bonds. The minimum atomic E-state index is -1.20. The van der Waals surface area contributed by atoms with Crippen molar-refractivity contribution in [3.8, 4) is 5.75 Å². The van der Waals surface area contributed by atoms with Crippen molar-refractivity contribution in [1.82, 2.24) is 37.2 Å². The summed E-state index contributed by atoms with van der Waals surface area (Å²) >= 11 is 0. The molecule has 0 aromatic heterocycles. The Balaban J connectivity index is 1.40. The van der Waals surface area contributed by atoms with E-state index in [1.165, 1.54) is 65.8 Å². The molecular formula is C58H95N7O20S2. The zero-order valence-electron chi connectivity index (χ0n) is 50.1. The number of ether oxygens (including phenoxy) is 6. The smallest absolute Gasteiger partial charge is 0.326 e. The first-order valence-electron chi connectivity index (χ1n) is 30.1. The highest BCUT2D eigenvalue weighted by molar-refractivity contribution is 8.76. The molecule has 27 nitrogen and oxygen atoms in total. The van der Waals surface area contributed by atoms with Gasteiger partial charge >= 0.3 is 17.9 Å². The fourth-order valence-corrected chi connectivity index (χ4v) is 10.8. The molecule has 0 spiro atoms. The molecule has 1 aliphatic rings. The maximum absolute atomic E-state index is 13.4. The second-order valence-electron chi connectivity index (χ2n) is 20.6. The standard InChI is InChI=1S/C58H95N7O20S2/c66-44-19-17-43(18-20-44)35-46(49(67)36-62-47-41-86-87-42-48(58(78)79)63-37-50(47)68)65-55(73)40-85-34-31-82-28-25-61-54(72)39-84-33-30-81-27-24-60-53(71)38-83-32-29-80-26-23-59-51(69)22-21-45(57(76)77)64-52(70)15-13-11-9-7-5-3-1-2-4-6-8-10-12-14-16-56(74)75/h17-20,45-48,62-63,66H,1-16,21-42H2,(H,59,69)(H,60,71)(H,61,72)(H,64,70)(H,65,73)(H,74,75)(H,76,77)(H,78,79)/t45-,46-,47-,48-/m0/s1. The summed E-state index contributed by atoms with van der Waals surface area (Å²) in [6, 6.07) is 2.38. The van der Waals surface area contributed by atoms with Crippen molar-refractivity contribution in [3.63, 3.8) is 0 Å². The molecule has 0 aliphatic carbocycles. The summed E-state index contributed by atoms with van der Waals surface area (Å²) in [6.07, 6.45) is 15.3. The van der Waals surface area contributed by atoms with Crippen LogP contribution in [0.4, 0.5) is 0 Å². The maximum Gasteiger partial charge on any atom is 0.326 e. The minimum absolute atomic E-state index is 0.0337. The molecule has 1 aliphatic heterocycles. The quantitative estimate of drug-likeness (QED) is 0.0328. The molecule has 0 bridgehead atoms. The molecule has 1 fully saturated rings. The van der Waals surface area contributed by atoms with E-state index in [4.69, 9.17) is 33.5 Å². The summed E-state index contributed by atoms with van der Waals surface area (Å²) in [6.45, 7) is 0.629. The lowest BCUT2D eigenvalue weighted by molar-refractivity contribution is -0.142. The van der Waals surface area contributed by atoms with Gasteiger partial charge in [-0.3, -0.25) is 53.8 Å². The van der Waals surface area contributed by atoms with Crippen LogP contribution in [0.5, 0.6) is 5.75 Å². The van der Waals surface area contributed by atoms with E-state index in [-0.39, 0.29) is 185 Å². The van der Waals surface area contributed by atoms with Crippen LogP contribution in [0.15, 0.2) is 24.3 Å². The van der Waals surface area contributed by atoms with Gasteiger partial charge in [-0.05, 0) is 43.4 Å². The third-order valence-electron chi connectivity index (χ3n) is 13.2. The number of aliphatic carboxylic acids is 3. The SMILES string of the molecule is O=C(O)CCCCCCCCCCCCCCCCC(=O)N[C@@H](CCC(=O)NCCOCCOCC(=O)NCCOCCOCC(=O)NCCOCCOCC(=O)N[C@@H](Cc1ccc(O)cc1)C(=O)CN[C@H]1CSSC[C@@H](C(=O)O)NCC1=O)C(=O)O. The third-order valence-corrected chi connectivity index (χ3v) is 15.7. The van der Waals surface area contributed by atoms with Gasteiger partial charge in [0.1, 0.15) is 37.7 Å². The van der Waals surface area contributed by atoms with E-state index in [0.29, 0.717) is 17.7 Å². The summed E-state index contributed by atoms with van der Waals surface area (Å²) in [5, 5.41) is 56.1. The fraction of sp³-hybridized carbons (Fsp3) is 0.724. The van der Waals surface area contributed by atoms with E-state index in [1.807, 2.05) is 0 Å². The highest BCUT2D eigenvalue weighted by Gasteiger charge is 2.28. The third kappa shape index (κ3) is 43.7. The second-order valence-corrected chi connectivity index (χ2v) is 23.1. The topological polar surface area (TPSA) is 391 Å². The van der Waals surface area contributed by atoms with Gasteiger partial charge < -0.3 is 75.4 Å². The van der Waals surface area contributed by atoms with Gasteiger partial charge in [-0.1, -0.05) is 111 Å². The lowest BCUT2D eigenvalue weighted by atomic mass is 10.0. The Bertz CT molecular complexity index is 2150. The highest BCUT2D eigenvalue weighted by atomic mass is 33.1. The number of aromatic hydroxyl groups is 1. The van der Waals surface area contributed by atoms with Crippen LogP contribution in [0, 0.1) is 0 Å². The summed E-state index contributed by atoms with van der Waals surface area (Å²) in [7, 11) is 2.63. The Kier molecular flexibility index (Phi) is 45.8. The van der Waals surface area contributed by atoms with Crippen molar-refractivity contribution < 1.29 is 96.8 Å². The van der Waals surface area contributed by atoms with Crippen molar-refractivity contribution in [2.75, 3.05) is 124 Å². The van der Waals surface area contributed by atoms with Crippen molar-refractivity contribution in [2.24, 2.45) is 0 Å². The summed E-state index contributed by atoms with van der Waals surface area (Å²) in [4.78, 5) is 122. The molecule has 4 atom stereocenters. The number of carboxylic acids is 3. The number of carboxylic acid groups (broad SMARTS) is 3. The number of carbonyl (C=O) groups is 10. The molecule has 0 saturated carbocycles. The number of amides is 5. The number of hydrogen-bond acceptors (Lipinski definition) is 21. The van der Waals surface area contributed by atoms with Crippen LogP contribution < -0.4 is 37.2 Å². The first kappa shape index (κ1) is 77.6. The lowest BCUT2D eigenvalue weighted by Crippen LogP contribution is -2.51. The predicted octanol–water partition coefficient (Wildman–Crippen LogP) is 2.08. The van der Waals surface area contributed by atoms with Crippen molar-refractivity contribution >= 4 is 80.6 Å². The molecule has 494 valence electrons. The van der Waals surface area contributed by atoms with Gasteiger partial charge in [0.15, 0.2) is 11.6 Å². The van der Waals surface area contributed by atoms with Crippen LogP contribution in [-0.4, -0.2) is 227 Å². The average molecular weight is 1270 g/mol. The molecule has 1 aromatic carbocycles. The number of nitrogens with one attached hydrogen (secondary N) is 7. The first-order chi connectivity index (χ1) is 42.0. The van der Waals surface area contributed by atoms with E-state index in [0.717, 1.165) is 51.4 Å². The molecule has 1 heterocycles. The van der Waals surface area contributed by atoms with Crippen molar-refractivity contribution in [3.05, 3.63) is 29.8 Å². The first-order valence-corrected chi connectivity index (χ1v) is 32.6. The second kappa shape index (κ2) is 51.4. The minimum Gasteiger partial charge on any atom is -0.508 e. The Morgan fingerprint density at radius 3 is 1.46 bits per heavy atom. The van der Waals surface area contributed by atoms with Gasteiger partial charge in [0.2, 0.25) is 29.5 Å². The number of benzene rings is 1. The highest BCUT2D eigenvalue weighted by Crippen LogP contribution is 2.24. The number of rotatable bonds is 54. The van der Waals surface area contributed by atoms with Crippen LogP contribution >= 0.6 is 21.6 Å². The zero-order chi connectivity index (χ0) is 63.5. The van der Waals surface area contributed by atoms with Crippen LogP contribution in [0.25, 0.3) is 0 Å². The molecule has 0 radical (unpaired) electrons. The summed E-state index contributed by atoms with van der Waals surface area (Å²) in [5.74, 6) is -5.11. The van der Waals surface area contributed by atoms with Crippen LogP contribution in [0.1, 0.15) is 121 Å². The Morgan fingerprint density at radius 2 is 0.966 bits per heavy atom. The Labute approximate surface area is 517 Å². The Morgan fingerprint density at radius 1 is 0.517 bits per heavy atom. The van der Waals surface area contributed by atoms with Crippen molar-refractivity contribution in [1.29, 1.82) is 0 Å². The average Bonchev–Trinajstić information content (AvgIpc) is 3.70. The number of phenols is 1. The van der Waals surface area contributed by atoms with E-state index in [1.54, 1.807) is 12.1 Å². The molecular weight excluding hydrogens is 1180 g/mol. The number of carbonyl (C=O) groups excluding carboxylic acids is 7.